The maximum Gasteiger partial charge on any atom is 0.0693 e. The van der Waals surface area contributed by atoms with Gasteiger partial charge in [0.05, 0.1) is 6.10 Å². The van der Waals surface area contributed by atoms with E-state index in [1.165, 1.54) is 57.8 Å². The molecule has 0 bridgehead atoms. The van der Waals surface area contributed by atoms with Crippen molar-refractivity contribution in [1.82, 2.24) is 5.32 Å². The van der Waals surface area contributed by atoms with Crippen LogP contribution in [-0.2, 0) is 0 Å². The summed E-state index contributed by atoms with van der Waals surface area (Å²) in [5.74, 6) is 0. The minimum Gasteiger partial charge on any atom is -0.392 e. The summed E-state index contributed by atoms with van der Waals surface area (Å²) in [5, 5.41) is 13.1. The molecular weight excluding hydrogens is 210 g/mol. The van der Waals surface area contributed by atoms with E-state index in [-0.39, 0.29) is 6.10 Å². The summed E-state index contributed by atoms with van der Waals surface area (Å²) >= 11 is 0. The van der Waals surface area contributed by atoms with Crippen LogP contribution < -0.4 is 5.32 Å². The zero-order valence-electron chi connectivity index (χ0n) is 11.6. The molecule has 0 heterocycles. The quantitative estimate of drug-likeness (QED) is 0.572. The molecule has 1 rings (SSSR count). The van der Waals surface area contributed by atoms with Crippen LogP contribution in [0.1, 0.15) is 77.6 Å². The molecule has 2 atom stereocenters. The Kier molecular flexibility index (Phi) is 8.72. The van der Waals surface area contributed by atoms with Crippen molar-refractivity contribution in [3.05, 3.63) is 0 Å². The number of nitrogens with one attached hydrogen (secondary N) is 1. The standard InChI is InChI=1S/C15H31NO/c1-2-3-4-5-6-7-8-9-13-16-14-11-10-12-15(14)17/h14-17H,2-13H2,1H3/t14-,15-/m0/s1. The molecule has 0 aromatic rings. The molecule has 17 heavy (non-hydrogen) atoms. The van der Waals surface area contributed by atoms with Crippen molar-refractivity contribution in [3.63, 3.8) is 0 Å². The lowest BCUT2D eigenvalue weighted by Crippen LogP contribution is -2.36. The predicted molar refractivity (Wildman–Crippen MR) is 74.3 cm³/mol. The molecule has 1 aliphatic carbocycles. The van der Waals surface area contributed by atoms with E-state index in [9.17, 15) is 5.11 Å². The molecule has 0 saturated heterocycles. The van der Waals surface area contributed by atoms with Crippen LogP contribution in [0.5, 0.6) is 0 Å². The third-order valence-electron chi connectivity index (χ3n) is 3.92. The third kappa shape index (κ3) is 7.05. The van der Waals surface area contributed by atoms with Crippen LogP contribution in [0.2, 0.25) is 0 Å². The molecule has 102 valence electrons. The minimum absolute atomic E-state index is 0.0796. The van der Waals surface area contributed by atoms with E-state index in [1.54, 1.807) is 0 Å². The number of aliphatic hydroxyl groups is 1. The van der Waals surface area contributed by atoms with Crippen molar-refractivity contribution in [2.75, 3.05) is 6.54 Å². The molecule has 0 radical (unpaired) electrons. The highest BCUT2D eigenvalue weighted by atomic mass is 16.3. The minimum atomic E-state index is -0.0796. The van der Waals surface area contributed by atoms with Crippen LogP contribution in [-0.4, -0.2) is 23.8 Å². The van der Waals surface area contributed by atoms with Crippen LogP contribution >= 0.6 is 0 Å². The highest BCUT2D eigenvalue weighted by molar-refractivity contribution is 4.82. The van der Waals surface area contributed by atoms with E-state index < -0.39 is 0 Å². The van der Waals surface area contributed by atoms with Gasteiger partial charge in [0.2, 0.25) is 0 Å². The average Bonchev–Trinajstić information content (AvgIpc) is 2.73. The fourth-order valence-electron chi connectivity index (χ4n) is 2.72. The van der Waals surface area contributed by atoms with Gasteiger partial charge < -0.3 is 10.4 Å². The van der Waals surface area contributed by atoms with E-state index >= 15 is 0 Å². The SMILES string of the molecule is CCCCCCCCCCN[C@H]1CCC[C@@H]1O. The molecule has 0 aromatic heterocycles. The highest BCUT2D eigenvalue weighted by Crippen LogP contribution is 2.18. The molecule has 1 saturated carbocycles. The first kappa shape index (κ1) is 15.0. The van der Waals surface area contributed by atoms with Gasteiger partial charge in [-0.25, -0.2) is 0 Å². The molecule has 0 aromatic carbocycles. The second-order valence-electron chi connectivity index (χ2n) is 5.53. The van der Waals surface area contributed by atoms with Crippen LogP contribution in [0.15, 0.2) is 0 Å². The smallest absolute Gasteiger partial charge is 0.0693 e. The van der Waals surface area contributed by atoms with Crippen molar-refractivity contribution in [2.24, 2.45) is 0 Å². The number of rotatable bonds is 10. The van der Waals surface area contributed by atoms with Gasteiger partial charge in [-0.15, -0.1) is 0 Å². The third-order valence-corrected chi connectivity index (χ3v) is 3.92. The summed E-state index contributed by atoms with van der Waals surface area (Å²) in [6, 6.07) is 0.388. The van der Waals surface area contributed by atoms with E-state index in [0.717, 1.165) is 19.4 Å². The van der Waals surface area contributed by atoms with Gasteiger partial charge in [-0.3, -0.25) is 0 Å². The van der Waals surface area contributed by atoms with Crippen LogP contribution in [0.4, 0.5) is 0 Å². The van der Waals surface area contributed by atoms with Crippen LogP contribution in [0.3, 0.4) is 0 Å². The van der Waals surface area contributed by atoms with Gasteiger partial charge in [0.1, 0.15) is 0 Å². The Morgan fingerprint density at radius 1 is 0.941 bits per heavy atom. The van der Waals surface area contributed by atoms with Gasteiger partial charge in [-0.2, -0.15) is 0 Å². The van der Waals surface area contributed by atoms with Crippen molar-refractivity contribution >= 4 is 0 Å². The fraction of sp³-hybridized carbons (Fsp3) is 1.00. The lowest BCUT2D eigenvalue weighted by Gasteiger charge is -2.16. The molecule has 2 nitrogen and oxygen atoms in total. The van der Waals surface area contributed by atoms with Crippen molar-refractivity contribution in [2.45, 2.75) is 89.7 Å². The van der Waals surface area contributed by atoms with Gasteiger partial charge >= 0.3 is 0 Å². The Hall–Kier alpha value is -0.0800. The van der Waals surface area contributed by atoms with Gasteiger partial charge in [0, 0.05) is 6.04 Å². The number of unbranched alkanes of at least 4 members (excludes halogenated alkanes) is 7. The second-order valence-corrected chi connectivity index (χ2v) is 5.53. The molecule has 0 unspecified atom stereocenters. The summed E-state index contributed by atoms with van der Waals surface area (Å²) < 4.78 is 0. The molecular formula is C15H31NO. The molecule has 1 fully saturated rings. The summed E-state index contributed by atoms with van der Waals surface area (Å²) in [7, 11) is 0. The second kappa shape index (κ2) is 9.90. The number of hydrogen-bond acceptors (Lipinski definition) is 2. The van der Waals surface area contributed by atoms with E-state index in [2.05, 4.69) is 12.2 Å². The van der Waals surface area contributed by atoms with Gasteiger partial charge in [0.15, 0.2) is 0 Å². The summed E-state index contributed by atoms with van der Waals surface area (Å²) in [5.41, 5.74) is 0. The molecule has 0 spiro atoms. The normalized spacial score (nSPS) is 24.4. The van der Waals surface area contributed by atoms with Crippen molar-refractivity contribution in [3.8, 4) is 0 Å². The largest absolute Gasteiger partial charge is 0.392 e. The van der Waals surface area contributed by atoms with Gasteiger partial charge in [-0.05, 0) is 32.2 Å². The topological polar surface area (TPSA) is 32.3 Å². The Morgan fingerprint density at radius 2 is 1.59 bits per heavy atom. The maximum atomic E-state index is 9.65. The van der Waals surface area contributed by atoms with Crippen molar-refractivity contribution in [1.29, 1.82) is 0 Å². The Bertz CT molecular complexity index is 172. The van der Waals surface area contributed by atoms with Crippen LogP contribution in [0.25, 0.3) is 0 Å². The zero-order valence-corrected chi connectivity index (χ0v) is 11.6. The molecule has 0 aliphatic heterocycles. The lowest BCUT2D eigenvalue weighted by atomic mass is 10.1. The first-order valence-corrected chi connectivity index (χ1v) is 7.76. The first-order valence-electron chi connectivity index (χ1n) is 7.76. The van der Waals surface area contributed by atoms with E-state index in [4.69, 9.17) is 0 Å². The Labute approximate surface area is 107 Å². The number of aliphatic hydroxyl groups excluding tert-OH is 1. The molecule has 2 N–H and O–H groups in total. The predicted octanol–water partition coefficient (Wildman–Crippen LogP) is 3.63. The molecule has 2 heteroatoms. The summed E-state index contributed by atoms with van der Waals surface area (Å²) in [6.45, 7) is 3.36. The van der Waals surface area contributed by atoms with Gasteiger partial charge in [-0.1, -0.05) is 51.9 Å². The number of hydrogen-bond donors (Lipinski definition) is 2. The molecule has 1 aliphatic rings. The van der Waals surface area contributed by atoms with E-state index in [1.807, 2.05) is 0 Å². The fourth-order valence-corrected chi connectivity index (χ4v) is 2.72. The Balaban J connectivity index is 1.78. The molecule has 0 amide bonds. The van der Waals surface area contributed by atoms with E-state index in [0.29, 0.717) is 6.04 Å². The maximum absolute atomic E-state index is 9.65. The van der Waals surface area contributed by atoms with Crippen LogP contribution in [0, 0.1) is 0 Å². The summed E-state index contributed by atoms with van der Waals surface area (Å²) in [4.78, 5) is 0. The van der Waals surface area contributed by atoms with Crippen molar-refractivity contribution < 1.29 is 5.11 Å². The zero-order chi connectivity index (χ0) is 12.3. The lowest BCUT2D eigenvalue weighted by molar-refractivity contribution is 0.149. The average molecular weight is 241 g/mol. The summed E-state index contributed by atoms with van der Waals surface area (Å²) in [6.07, 6.45) is 14.3. The first-order chi connectivity index (χ1) is 8.34. The van der Waals surface area contributed by atoms with Gasteiger partial charge in [0.25, 0.3) is 0 Å². The Morgan fingerprint density at radius 3 is 2.18 bits per heavy atom. The monoisotopic (exact) mass is 241 g/mol. The highest BCUT2D eigenvalue weighted by Gasteiger charge is 2.23.